The van der Waals surface area contributed by atoms with Crippen molar-refractivity contribution in [1.29, 1.82) is 0 Å². The van der Waals surface area contributed by atoms with Gasteiger partial charge >= 0.3 is 0 Å². The van der Waals surface area contributed by atoms with Crippen molar-refractivity contribution in [3.8, 4) is 0 Å². The van der Waals surface area contributed by atoms with Crippen LogP contribution in [0.15, 0.2) is 23.8 Å². The fraction of sp³-hybridized carbons (Fsp3) is 0.222. The predicted molar refractivity (Wildman–Crippen MR) is 59.8 cm³/mol. The molecule has 15 heavy (non-hydrogen) atoms. The van der Waals surface area contributed by atoms with Gasteiger partial charge in [-0.05, 0) is 6.92 Å². The number of aromatic nitrogens is 4. The third-order valence-corrected chi connectivity index (χ3v) is 2.03. The summed E-state index contributed by atoms with van der Waals surface area (Å²) in [6.45, 7) is 2.45. The molecular weight excluding hydrogens is 214 g/mol. The molecule has 0 atom stereocenters. The molecule has 0 radical (unpaired) electrons. The molecule has 0 saturated carbocycles. The van der Waals surface area contributed by atoms with Gasteiger partial charge in [-0.2, -0.15) is 0 Å². The summed E-state index contributed by atoms with van der Waals surface area (Å²) in [6.07, 6.45) is 4.93. The molecule has 0 amide bonds. The smallest absolute Gasteiger partial charge is 0.182 e. The van der Waals surface area contributed by atoms with Crippen LogP contribution in [0.4, 0.5) is 5.82 Å². The minimum absolute atomic E-state index is 0.625. The Balaban J connectivity index is 2.20. The van der Waals surface area contributed by atoms with Gasteiger partial charge in [-0.3, -0.25) is 0 Å². The minimum Gasteiger partial charge on any atom is -0.365 e. The summed E-state index contributed by atoms with van der Waals surface area (Å²) in [5, 5.41) is 3.87. The first-order valence-corrected chi connectivity index (χ1v) is 4.85. The van der Waals surface area contributed by atoms with Crippen molar-refractivity contribution in [2.24, 2.45) is 0 Å². The largest absolute Gasteiger partial charge is 0.365 e. The molecule has 6 heteroatoms. The second-order valence-corrected chi connectivity index (χ2v) is 3.59. The Labute approximate surface area is 91.6 Å². The highest BCUT2D eigenvalue weighted by Gasteiger charge is 2.03. The lowest BCUT2D eigenvalue weighted by molar-refractivity contribution is 1.17. The number of hydrogen-bond acceptors (Lipinski definition) is 4. The van der Waals surface area contributed by atoms with Gasteiger partial charge < -0.3 is 10.3 Å². The summed E-state index contributed by atoms with van der Waals surface area (Å²) >= 11 is 5.71. The predicted octanol–water partition coefficient (Wildman–Crippen LogP) is 1.91. The van der Waals surface area contributed by atoms with Crippen molar-refractivity contribution < 1.29 is 0 Å². The van der Waals surface area contributed by atoms with Crippen LogP contribution in [-0.2, 0) is 0 Å². The Morgan fingerprint density at radius 2 is 2.40 bits per heavy atom. The van der Waals surface area contributed by atoms with Gasteiger partial charge in [0.05, 0.1) is 6.33 Å². The van der Waals surface area contributed by atoms with Crippen molar-refractivity contribution in [3.63, 3.8) is 0 Å². The summed E-state index contributed by atoms with van der Waals surface area (Å²) in [5.41, 5.74) is 1.46. The van der Waals surface area contributed by atoms with Crippen molar-refractivity contribution in [2.75, 3.05) is 11.9 Å². The van der Waals surface area contributed by atoms with E-state index in [1.807, 2.05) is 13.0 Å². The summed E-state index contributed by atoms with van der Waals surface area (Å²) < 4.78 is 0. The molecule has 0 aromatic carbocycles. The maximum absolute atomic E-state index is 5.71. The molecule has 2 aromatic rings. The minimum atomic E-state index is 0.625. The normalized spacial score (nSPS) is 12.0. The number of nitrogens with zero attached hydrogens (tertiary/aromatic N) is 3. The monoisotopic (exact) mass is 223 g/mol. The van der Waals surface area contributed by atoms with Crippen LogP contribution in [0.25, 0.3) is 11.2 Å². The number of halogens is 1. The maximum atomic E-state index is 5.71. The van der Waals surface area contributed by atoms with Gasteiger partial charge in [0, 0.05) is 11.6 Å². The van der Waals surface area contributed by atoms with Gasteiger partial charge in [-0.15, -0.1) is 0 Å². The summed E-state index contributed by atoms with van der Waals surface area (Å²) in [6, 6.07) is 0. The van der Waals surface area contributed by atoms with E-state index in [1.165, 1.54) is 6.33 Å². The molecule has 78 valence electrons. The Bertz CT molecular complexity index is 486. The molecule has 0 aliphatic rings. The fourth-order valence-electron chi connectivity index (χ4n) is 1.19. The van der Waals surface area contributed by atoms with Crippen molar-refractivity contribution >= 4 is 28.6 Å². The van der Waals surface area contributed by atoms with Gasteiger partial charge in [0.2, 0.25) is 0 Å². The van der Waals surface area contributed by atoms with E-state index in [-0.39, 0.29) is 0 Å². The fourth-order valence-corrected chi connectivity index (χ4v) is 1.26. The first kappa shape index (κ1) is 9.92. The average molecular weight is 224 g/mol. The van der Waals surface area contributed by atoms with E-state index in [9.17, 15) is 0 Å². The Morgan fingerprint density at radius 1 is 1.53 bits per heavy atom. The molecule has 0 saturated heterocycles. The second kappa shape index (κ2) is 4.27. The summed E-state index contributed by atoms with van der Waals surface area (Å²) in [4.78, 5) is 15.1. The Hall–Kier alpha value is -1.62. The first-order chi connectivity index (χ1) is 7.27. The number of hydrogen-bond donors (Lipinski definition) is 2. The number of allylic oxidation sites excluding steroid dienone is 1. The molecule has 5 nitrogen and oxygen atoms in total. The lowest BCUT2D eigenvalue weighted by Gasteiger charge is -2.02. The van der Waals surface area contributed by atoms with E-state index in [0.29, 0.717) is 12.2 Å². The summed E-state index contributed by atoms with van der Waals surface area (Å²) in [7, 11) is 0. The lowest BCUT2D eigenvalue weighted by Crippen LogP contribution is -2.02. The second-order valence-electron chi connectivity index (χ2n) is 3.00. The van der Waals surface area contributed by atoms with Crippen LogP contribution in [0, 0.1) is 0 Å². The molecular formula is C9H10ClN5. The molecule has 0 spiro atoms. The van der Waals surface area contributed by atoms with Gasteiger partial charge in [-0.25, -0.2) is 15.0 Å². The zero-order chi connectivity index (χ0) is 10.7. The number of nitrogens with one attached hydrogen (secondary N) is 2. The van der Waals surface area contributed by atoms with E-state index in [2.05, 4.69) is 25.3 Å². The molecule has 2 N–H and O–H groups in total. The van der Waals surface area contributed by atoms with Crippen LogP contribution in [-0.4, -0.2) is 26.5 Å². The third-order valence-electron chi connectivity index (χ3n) is 1.88. The van der Waals surface area contributed by atoms with Crippen LogP contribution in [0.5, 0.6) is 0 Å². The van der Waals surface area contributed by atoms with E-state index in [4.69, 9.17) is 11.6 Å². The number of aromatic amines is 1. The van der Waals surface area contributed by atoms with Gasteiger partial charge in [0.25, 0.3) is 0 Å². The van der Waals surface area contributed by atoms with Crippen molar-refractivity contribution in [1.82, 2.24) is 19.9 Å². The SMILES string of the molecule is C/C(Cl)=C/CNc1ncnc2nc[nH]c12. The topological polar surface area (TPSA) is 66.5 Å². The van der Waals surface area contributed by atoms with E-state index < -0.39 is 0 Å². The molecule has 0 unspecified atom stereocenters. The number of rotatable bonds is 3. The van der Waals surface area contributed by atoms with Gasteiger partial charge in [-0.1, -0.05) is 17.7 Å². The van der Waals surface area contributed by atoms with Crippen LogP contribution in [0.3, 0.4) is 0 Å². The first-order valence-electron chi connectivity index (χ1n) is 4.47. The molecule has 0 aliphatic carbocycles. The number of H-pyrrole nitrogens is 1. The molecule has 2 heterocycles. The zero-order valence-electron chi connectivity index (χ0n) is 8.16. The number of anilines is 1. The maximum Gasteiger partial charge on any atom is 0.182 e. The summed E-state index contributed by atoms with van der Waals surface area (Å²) in [5.74, 6) is 0.728. The number of fused-ring (bicyclic) bond motifs is 1. The van der Waals surface area contributed by atoms with E-state index in [1.54, 1.807) is 6.33 Å². The highest BCUT2D eigenvalue weighted by Crippen LogP contribution is 2.13. The molecule has 0 bridgehead atoms. The van der Waals surface area contributed by atoms with E-state index >= 15 is 0 Å². The highest BCUT2D eigenvalue weighted by molar-refractivity contribution is 6.29. The standard InChI is InChI=1S/C9H10ClN5/c1-6(10)2-3-11-8-7-9(13-4-12-7)15-5-14-8/h2,4-5H,3H2,1H3,(H2,11,12,13,14,15)/b6-2-. The molecule has 0 fully saturated rings. The molecule has 0 aliphatic heterocycles. The number of imidazole rings is 1. The zero-order valence-corrected chi connectivity index (χ0v) is 8.91. The van der Waals surface area contributed by atoms with Gasteiger partial charge in [0.15, 0.2) is 11.5 Å². The highest BCUT2D eigenvalue weighted by atomic mass is 35.5. The average Bonchev–Trinajstić information content (AvgIpc) is 2.65. The Kier molecular flexibility index (Phi) is 2.82. The molecule has 2 rings (SSSR count). The van der Waals surface area contributed by atoms with Crippen LogP contribution in [0.2, 0.25) is 0 Å². The van der Waals surface area contributed by atoms with Crippen LogP contribution in [0.1, 0.15) is 6.92 Å². The third kappa shape index (κ3) is 2.24. The van der Waals surface area contributed by atoms with E-state index in [0.717, 1.165) is 16.4 Å². The van der Waals surface area contributed by atoms with Crippen LogP contribution < -0.4 is 5.32 Å². The van der Waals surface area contributed by atoms with Crippen molar-refractivity contribution in [2.45, 2.75) is 6.92 Å². The van der Waals surface area contributed by atoms with Gasteiger partial charge in [0.1, 0.15) is 11.8 Å². The Morgan fingerprint density at radius 3 is 3.20 bits per heavy atom. The lowest BCUT2D eigenvalue weighted by atomic mass is 10.4. The quantitative estimate of drug-likeness (QED) is 0.834. The molecule has 2 aromatic heterocycles. The van der Waals surface area contributed by atoms with Crippen LogP contribution >= 0.6 is 11.6 Å². The van der Waals surface area contributed by atoms with Crippen molar-refractivity contribution in [3.05, 3.63) is 23.8 Å².